The van der Waals surface area contributed by atoms with E-state index in [0.29, 0.717) is 6.54 Å². The second-order valence-corrected chi connectivity index (χ2v) is 5.73. The summed E-state index contributed by atoms with van der Waals surface area (Å²) < 4.78 is 18.4. The van der Waals surface area contributed by atoms with Gasteiger partial charge in [0.15, 0.2) is 0 Å². The molecular weight excluding hydrogens is 343 g/mol. The smallest absolute Gasteiger partial charge is 0.224 e. The second-order valence-electron chi connectivity index (χ2n) is 5.73. The fourth-order valence-electron chi connectivity index (χ4n) is 2.49. The predicted octanol–water partition coefficient (Wildman–Crippen LogP) is 3.32. The van der Waals surface area contributed by atoms with Crippen LogP contribution in [0.5, 0.6) is 5.75 Å². The second kappa shape index (κ2) is 10.0. The lowest BCUT2D eigenvalue weighted by Crippen LogP contribution is -2.37. The highest BCUT2D eigenvalue weighted by molar-refractivity contribution is 5.85. The van der Waals surface area contributed by atoms with Crippen molar-refractivity contribution in [1.82, 2.24) is 10.6 Å². The molecule has 0 radical (unpaired) electrons. The molecule has 6 heteroatoms. The molecule has 0 spiro atoms. The van der Waals surface area contributed by atoms with Crippen LogP contribution >= 0.6 is 12.4 Å². The number of nitrogens with one attached hydrogen (secondary N) is 2. The zero-order valence-corrected chi connectivity index (χ0v) is 15.4. The van der Waals surface area contributed by atoms with Gasteiger partial charge in [0.05, 0.1) is 13.2 Å². The number of hydrogen-bond acceptors (Lipinski definition) is 3. The molecule has 0 fully saturated rings. The summed E-state index contributed by atoms with van der Waals surface area (Å²) in [6.45, 7) is 2.45. The molecule has 0 saturated carbocycles. The molecule has 0 bridgehead atoms. The van der Waals surface area contributed by atoms with Crippen molar-refractivity contribution in [1.29, 1.82) is 0 Å². The molecule has 0 heterocycles. The first-order valence-electron chi connectivity index (χ1n) is 7.89. The van der Waals surface area contributed by atoms with Crippen molar-refractivity contribution >= 4 is 18.3 Å². The van der Waals surface area contributed by atoms with Crippen LogP contribution in [0.2, 0.25) is 0 Å². The highest BCUT2D eigenvalue weighted by Crippen LogP contribution is 2.25. The van der Waals surface area contributed by atoms with Gasteiger partial charge in [-0.2, -0.15) is 0 Å². The molecule has 25 heavy (non-hydrogen) atoms. The summed E-state index contributed by atoms with van der Waals surface area (Å²) in [6, 6.07) is 13.3. The van der Waals surface area contributed by atoms with Crippen molar-refractivity contribution in [2.45, 2.75) is 13.0 Å². The molecule has 2 aromatic rings. The van der Waals surface area contributed by atoms with Crippen LogP contribution < -0.4 is 15.4 Å². The Morgan fingerprint density at radius 2 is 1.60 bits per heavy atom. The molecule has 136 valence electrons. The normalized spacial score (nSPS) is 12.6. The summed E-state index contributed by atoms with van der Waals surface area (Å²) >= 11 is 0. The molecule has 0 saturated heterocycles. The molecule has 2 N–H and O–H groups in total. The maximum Gasteiger partial charge on any atom is 0.224 e. The van der Waals surface area contributed by atoms with Crippen LogP contribution in [0.1, 0.15) is 24.1 Å². The summed E-state index contributed by atoms with van der Waals surface area (Å²) in [6.07, 6.45) is 0. The number of amides is 1. The predicted molar refractivity (Wildman–Crippen MR) is 99.7 cm³/mol. The van der Waals surface area contributed by atoms with Crippen LogP contribution in [0.25, 0.3) is 0 Å². The van der Waals surface area contributed by atoms with Gasteiger partial charge in [0, 0.05) is 12.5 Å². The van der Waals surface area contributed by atoms with E-state index in [4.69, 9.17) is 4.74 Å². The maximum absolute atomic E-state index is 13.2. The van der Waals surface area contributed by atoms with Gasteiger partial charge >= 0.3 is 0 Å². The van der Waals surface area contributed by atoms with Crippen LogP contribution in [0.3, 0.4) is 0 Å². The molecule has 2 aromatic carbocycles. The molecule has 0 aliphatic rings. The summed E-state index contributed by atoms with van der Waals surface area (Å²) in [5.74, 6) is 0.208. The largest absolute Gasteiger partial charge is 0.497 e. The highest BCUT2D eigenvalue weighted by atomic mass is 35.5. The standard InChI is InChI=1S/C19H23FN2O2.ClH/c1-13(12-21-2)19(23)22-18(14-4-8-16(20)9-5-14)15-6-10-17(24-3)11-7-15;/h4-11,13,18,21H,12H2,1-3H3,(H,22,23);1H. The van der Waals surface area contributed by atoms with Crippen LogP contribution in [0.15, 0.2) is 48.5 Å². The molecule has 1 amide bonds. The maximum atomic E-state index is 13.2. The number of rotatable bonds is 7. The van der Waals surface area contributed by atoms with Gasteiger partial charge < -0.3 is 15.4 Å². The highest BCUT2D eigenvalue weighted by Gasteiger charge is 2.20. The third kappa shape index (κ3) is 5.73. The van der Waals surface area contributed by atoms with Gasteiger partial charge in [-0.3, -0.25) is 4.79 Å². The Hall–Kier alpha value is -2.11. The van der Waals surface area contributed by atoms with E-state index in [1.54, 1.807) is 19.2 Å². The Balaban J connectivity index is 0.00000312. The average molecular weight is 367 g/mol. The van der Waals surface area contributed by atoms with Gasteiger partial charge in [0.2, 0.25) is 5.91 Å². The van der Waals surface area contributed by atoms with Crippen molar-refractivity contribution in [3.63, 3.8) is 0 Å². The number of halogens is 2. The average Bonchev–Trinajstić information content (AvgIpc) is 2.60. The topological polar surface area (TPSA) is 50.4 Å². The zero-order chi connectivity index (χ0) is 17.5. The van der Waals surface area contributed by atoms with E-state index >= 15 is 0 Å². The fraction of sp³-hybridized carbons (Fsp3) is 0.316. The Labute approximate surface area is 154 Å². The van der Waals surface area contributed by atoms with Crippen molar-refractivity contribution in [3.8, 4) is 5.75 Å². The van der Waals surface area contributed by atoms with E-state index in [1.807, 2.05) is 38.2 Å². The van der Waals surface area contributed by atoms with Crippen molar-refractivity contribution in [2.75, 3.05) is 20.7 Å². The molecule has 0 aromatic heterocycles. The first kappa shape index (κ1) is 20.9. The van der Waals surface area contributed by atoms with Gasteiger partial charge in [-0.15, -0.1) is 12.4 Å². The molecule has 0 aliphatic heterocycles. The van der Waals surface area contributed by atoms with Crippen LogP contribution in [0, 0.1) is 11.7 Å². The number of hydrogen-bond donors (Lipinski definition) is 2. The van der Waals surface area contributed by atoms with E-state index in [1.165, 1.54) is 12.1 Å². The first-order chi connectivity index (χ1) is 11.5. The van der Waals surface area contributed by atoms with Crippen molar-refractivity contribution in [2.24, 2.45) is 5.92 Å². The molecular formula is C19H24ClFN2O2. The molecule has 2 rings (SSSR count). The quantitative estimate of drug-likeness (QED) is 0.790. The van der Waals surface area contributed by atoms with E-state index in [2.05, 4.69) is 10.6 Å². The van der Waals surface area contributed by atoms with Crippen LogP contribution in [-0.2, 0) is 4.79 Å². The van der Waals surface area contributed by atoms with E-state index in [-0.39, 0.29) is 36.1 Å². The zero-order valence-electron chi connectivity index (χ0n) is 14.6. The number of ether oxygens (including phenoxy) is 1. The van der Waals surface area contributed by atoms with Gasteiger partial charge in [-0.05, 0) is 42.4 Å². The van der Waals surface area contributed by atoms with Gasteiger partial charge in [0.1, 0.15) is 11.6 Å². The minimum absolute atomic E-state index is 0. The summed E-state index contributed by atoms with van der Waals surface area (Å²) in [5.41, 5.74) is 1.74. The third-order valence-electron chi connectivity index (χ3n) is 3.90. The monoisotopic (exact) mass is 366 g/mol. The van der Waals surface area contributed by atoms with Gasteiger partial charge in [-0.25, -0.2) is 4.39 Å². The Bertz CT molecular complexity index is 662. The molecule has 2 atom stereocenters. The van der Waals surface area contributed by atoms with E-state index in [9.17, 15) is 9.18 Å². The number of benzene rings is 2. The minimum Gasteiger partial charge on any atom is -0.497 e. The lowest BCUT2D eigenvalue weighted by atomic mass is 9.97. The van der Waals surface area contributed by atoms with Crippen LogP contribution in [0.4, 0.5) is 4.39 Å². The summed E-state index contributed by atoms with van der Waals surface area (Å²) in [7, 11) is 3.42. The van der Waals surface area contributed by atoms with Crippen LogP contribution in [-0.4, -0.2) is 26.6 Å². The number of carbonyl (C=O) groups is 1. The van der Waals surface area contributed by atoms with E-state index in [0.717, 1.165) is 16.9 Å². The first-order valence-corrected chi connectivity index (χ1v) is 7.89. The van der Waals surface area contributed by atoms with Crippen molar-refractivity contribution in [3.05, 3.63) is 65.5 Å². The fourth-order valence-corrected chi connectivity index (χ4v) is 2.49. The van der Waals surface area contributed by atoms with Crippen molar-refractivity contribution < 1.29 is 13.9 Å². The Morgan fingerprint density at radius 1 is 1.08 bits per heavy atom. The molecule has 0 aliphatic carbocycles. The third-order valence-corrected chi connectivity index (χ3v) is 3.90. The Kier molecular flexibility index (Phi) is 8.38. The summed E-state index contributed by atoms with van der Waals surface area (Å²) in [4.78, 5) is 12.4. The van der Waals surface area contributed by atoms with E-state index < -0.39 is 0 Å². The summed E-state index contributed by atoms with van der Waals surface area (Å²) in [5, 5.41) is 6.05. The number of carbonyl (C=O) groups excluding carboxylic acids is 1. The number of methoxy groups -OCH3 is 1. The SMILES string of the molecule is CNCC(C)C(=O)NC(c1ccc(F)cc1)c1ccc(OC)cc1.Cl. The Morgan fingerprint density at radius 3 is 2.08 bits per heavy atom. The van der Waals surface area contributed by atoms with Gasteiger partial charge in [-0.1, -0.05) is 31.2 Å². The lowest BCUT2D eigenvalue weighted by molar-refractivity contribution is -0.124. The van der Waals surface area contributed by atoms with Gasteiger partial charge in [0.25, 0.3) is 0 Å². The molecule has 4 nitrogen and oxygen atoms in total. The molecule has 2 unspecified atom stereocenters. The minimum atomic E-state index is -0.344. The lowest BCUT2D eigenvalue weighted by Gasteiger charge is -2.22.